The number of nitrogens with zero attached hydrogens (tertiary/aromatic N) is 2. The standard InChI is InChI=1S/C19H16N4O2S/c24-17(16-12-26-18(22-16)13-4-2-1-3-5-13)21-14-6-8-15(9-7-14)23-11-10-20-19(23)25/h1-9,12H,10-11H2,(H,20,25)(H,21,24). The second-order valence-electron chi connectivity index (χ2n) is 5.79. The third-order valence-electron chi connectivity index (χ3n) is 4.05. The summed E-state index contributed by atoms with van der Waals surface area (Å²) >= 11 is 1.44. The fourth-order valence-electron chi connectivity index (χ4n) is 2.73. The zero-order valence-corrected chi connectivity index (χ0v) is 14.6. The Morgan fingerprint density at radius 1 is 1.12 bits per heavy atom. The molecule has 7 heteroatoms. The topological polar surface area (TPSA) is 74.3 Å². The monoisotopic (exact) mass is 364 g/mol. The number of anilines is 2. The minimum absolute atomic E-state index is 0.0994. The Morgan fingerprint density at radius 2 is 1.88 bits per heavy atom. The van der Waals surface area contributed by atoms with Gasteiger partial charge in [-0.15, -0.1) is 11.3 Å². The number of benzene rings is 2. The SMILES string of the molecule is O=C(Nc1ccc(N2CCNC2=O)cc1)c1csc(-c2ccccc2)n1. The number of hydrogen-bond acceptors (Lipinski definition) is 4. The second kappa shape index (κ2) is 6.97. The summed E-state index contributed by atoms with van der Waals surface area (Å²) < 4.78 is 0. The van der Waals surface area contributed by atoms with Crippen LogP contribution in [0.3, 0.4) is 0 Å². The fourth-order valence-corrected chi connectivity index (χ4v) is 3.54. The molecular weight excluding hydrogens is 348 g/mol. The number of urea groups is 1. The highest BCUT2D eigenvalue weighted by Gasteiger charge is 2.21. The Kier molecular flexibility index (Phi) is 4.37. The molecule has 3 aromatic rings. The molecule has 2 N–H and O–H groups in total. The average molecular weight is 364 g/mol. The first kappa shape index (κ1) is 16.3. The first-order valence-electron chi connectivity index (χ1n) is 8.18. The molecule has 0 aliphatic carbocycles. The van der Waals surface area contributed by atoms with Crippen molar-refractivity contribution >= 4 is 34.6 Å². The third kappa shape index (κ3) is 3.29. The first-order valence-corrected chi connectivity index (χ1v) is 9.06. The van der Waals surface area contributed by atoms with Crippen molar-refractivity contribution in [2.24, 2.45) is 0 Å². The van der Waals surface area contributed by atoms with Crippen molar-refractivity contribution in [2.75, 3.05) is 23.3 Å². The highest BCUT2D eigenvalue weighted by molar-refractivity contribution is 7.13. The van der Waals surface area contributed by atoms with Gasteiger partial charge in [-0.1, -0.05) is 30.3 Å². The molecule has 1 aliphatic heterocycles. The molecule has 1 aliphatic rings. The molecule has 26 heavy (non-hydrogen) atoms. The number of carbonyl (C=O) groups excluding carboxylic acids is 2. The van der Waals surface area contributed by atoms with Gasteiger partial charge in [0.05, 0.1) is 0 Å². The van der Waals surface area contributed by atoms with Gasteiger partial charge in [-0.25, -0.2) is 9.78 Å². The molecule has 0 atom stereocenters. The van der Waals surface area contributed by atoms with E-state index in [2.05, 4.69) is 15.6 Å². The van der Waals surface area contributed by atoms with Crippen LogP contribution in [0.4, 0.5) is 16.2 Å². The molecule has 4 rings (SSSR count). The van der Waals surface area contributed by atoms with Crippen LogP contribution in [0.2, 0.25) is 0 Å². The molecule has 1 fully saturated rings. The fraction of sp³-hybridized carbons (Fsp3) is 0.105. The van der Waals surface area contributed by atoms with Gasteiger partial charge >= 0.3 is 6.03 Å². The van der Waals surface area contributed by atoms with Gasteiger partial charge in [-0.3, -0.25) is 9.69 Å². The Bertz CT molecular complexity index is 938. The van der Waals surface area contributed by atoms with Crippen LogP contribution in [0.1, 0.15) is 10.5 Å². The van der Waals surface area contributed by atoms with Crippen LogP contribution in [0.15, 0.2) is 60.0 Å². The van der Waals surface area contributed by atoms with E-state index in [1.807, 2.05) is 42.5 Å². The van der Waals surface area contributed by atoms with Crippen LogP contribution in [-0.2, 0) is 0 Å². The molecule has 130 valence electrons. The predicted molar refractivity (Wildman–Crippen MR) is 103 cm³/mol. The summed E-state index contributed by atoms with van der Waals surface area (Å²) in [5.74, 6) is -0.255. The van der Waals surface area contributed by atoms with Gasteiger partial charge in [0.25, 0.3) is 5.91 Å². The Labute approximate surface area is 154 Å². The number of nitrogens with one attached hydrogen (secondary N) is 2. The van der Waals surface area contributed by atoms with Crippen molar-refractivity contribution in [1.29, 1.82) is 0 Å². The van der Waals surface area contributed by atoms with E-state index in [1.165, 1.54) is 11.3 Å². The second-order valence-corrected chi connectivity index (χ2v) is 6.65. The summed E-state index contributed by atoms with van der Waals surface area (Å²) in [6.07, 6.45) is 0. The molecule has 3 amide bonds. The van der Waals surface area contributed by atoms with Crippen molar-refractivity contribution in [1.82, 2.24) is 10.3 Å². The van der Waals surface area contributed by atoms with Crippen molar-refractivity contribution in [2.45, 2.75) is 0 Å². The molecule has 2 heterocycles. The number of rotatable bonds is 4. The van der Waals surface area contributed by atoms with Crippen LogP contribution < -0.4 is 15.5 Å². The van der Waals surface area contributed by atoms with E-state index in [0.29, 0.717) is 24.5 Å². The van der Waals surface area contributed by atoms with E-state index in [9.17, 15) is 9.59 Å². The maximum Gasteiger partial charge on any atom is 0.321 e. The van der Waals surface area contributed by atoms with E-state index in [1.54, 1.807) is 22.4 Å². The number of aromatic nitrogens is 1. The molecule has 0 spiro atoms. The smallest absolute Gasteiger partial charge is 0.321 e. The van der Waals surface area contributed by atoms with Crippen LogP contribution in [0.25, 0.3) is 10.6 Å². The minimum Gasteiger partial charge on any atom is -0.336 e. The van der Waals surface area contributed by atoms with Gasteiger partial charge in [0, 0.05) is 35.4 Å². The number of hydrogen-bond donors (Lipinski definition) is 2. The highest BCUT2D eigenvalue weighted by atomic mass is 32.1. The lowest BCUT2D eigenvalue weighted by molar-refractivity contribution is 0.102. The zero-order chi connectivity index (χ0) is 17.9. The van der Waals surface area contributed by atoms with Gasteiger partial charge in [-0.2, -0.15) is 0 Å². The van der Waals surface area contributed by atoms with Crippen molar-refractivity contribution in [3.05, 3.63) is 65.7 Å². The van der Waals surface area contributed by atoms with Gasteiger partial charge < -0.3 is 10.6 Å². The van der Waals surface area contributed by atoms with E-state index >= 15 is 0 Å². The van der Waals surface area contributed by atoms with Crippen LogP contribution in [0.5, 0.6) is 0 Å². The van der Waals surface area contributed by atoms with E-state index in [0.717, 1.165) is 16.3 Å². The Balaban J connectivity index is 1.45. The van der Waals surface area contributed by atoms with Crippen LogP contribution >= 0.6 is 11.3 Å². The minimum atomic E-state index is -0.255. The van der Waals surface area contributed by atoms with Crippen LogP contribution in [-0.4, -0.2) is 30.0 Å². The number of thiazole rings is 1. The molecule has 6 nitrogen and oxygen atoms in total. The normalized spacial score (nSPS) is 13.5. The molecule has 2 aromatic carbocycles. The Hall–Kier alpha value is -3.19. The molecule has 1 aromatic heterocycles. The summed E-state index contributed by atoms with van der Waals surface area (Å²) in [6, 6.07) is 16.9. The van der Waals surface area contributed by atoms with E-state index in [4.69, 9.17) is 0 Å². The maximum atomic E-state index is 12.4. The summed E-state index contributed by atoms with van der Waals surface area (Å²) in [5, 5.41) is 8.16. The predicted octanol–water partition coefficient (Wildman–Crippen LogP) is 3.59. The highest BCUT2D eigenvalue weighted by Crippen LogP contribution is 2.24. The quantitative estimate of drug-likeness (QED) is 0.743. The molecule has 1 saturated heterocycles. The average Bonchev–Trinajstić information content (AvgIpc) is 3.32. The summed E-state index contributed by atoms with van der Waals surface area (Å²) in [6.45, 7) is 1.29. The maximum absolute atomic E-state index is 12.4. The molecule has 0 bridgehead atoms. The zero-order valence-electron chi connectivity index (χ0n) is 13.8. The van der Waals surface area contributed by atoms with E-state index in [-0.39, 0.29) is 11.9 Å². The van der Waals surface area contributed by atoms with Crippen molar-refractivity contribution in [3.63, 3.8) is 0 Å². The summed E-state index contributed by atoms with van der Waals surface area (Å²) in [5.41, 5.74) is 2.84. The lowest BCUT2D eigenvalue weighted by Gasteiger charge is -2.14. The molecular formula is C19H16N4O2S. The molecule has 0 saturated carbocycles. The summed E-state index contributed by atoms with van der Waals surface area (Å²) in [4.78, 5) is 30.2. The van der Waals surface area contributed by atoms with Gasteiger partial charge in [0.1, 0.15) is 10.7 Å². The number of amides is 3. The van der Waals surface area contributed by atoms with E-state index < -0.39 is 0 Å². The molecule has 0 unspecified atom stereocenters. The summed E-state index contributed by atoms with van der Waals surface area (Å²) in [7, 11) is 0. The van der Waals surface area contributed by atoms with Gasteiger partial charge in [0.15, 0.2) is 0 Å². The lowest BCUT2D eigenvalue weighted by atomic mass is 10.2. The Morgan fingerprint density at radius 3 is 2.58 bits per heavy atom. The molecule has 0 radical (unpaired) electrons. The number of carbonyl (C=O) groups is 2. The largest absolute Gasteiger partial charge is 0.336 e. The van der Waals surface area contributed by atoms with Crippen LogP contribution in [0, 0.1) is 0 Å². The van der Waals surface area contributed by atoms with Gasteiger partial charge in [0.2, 0.25) is 0 Å². The van der Waals surface area contributed by atoms with Crippen molar-refractivity contribution < 1.29 is 9.59 Å². The first-order chi connectivity index (χ1) is 12.7. The van der Waals surface area contributed by atoms with Gasteiger partial charge in [-0.05, 0) is 24.3 Å². The van der Waals surface area contributed by atoms with Crippen molar-refractivity contribution in [3.8, 4) is 10.6 Å². The lowest BCUT2D eigenvalue weighted by Crippen LogP contribution is -2.27. The third-order valence-corrected chi connectivity index (χ3v) is 4.94.